The highest BCUT2D eigenvalue weighted by Crippen LogP contribution is 2.09. The molecule has 1 aromatic rings. The topological polar surface area (TPSA) is 58.2 Å². The SMILES string of the molecule is CCCCCCCC(=O)NC(C)(C)C(=O)N[C@H](C)CCc1ccccc1. The molecule has 0 radical (unpaired) electrons. The van der Waals surface area contributed by atoms with Crippen molar-refractivity contribution in [1.82, 2.24) is 10.6 Å². The van der Waals surface area contributed by atoms with Crippen LogP contribution < -0.4 is 10.6 Å². The van der Waals surface area contributed by atoms with Crippen molar-refractivity contribution in [3.63, 3.8) is 0 Å². The maximum atomic E-state index is 12.5. The third kappa shape index (κ3) is 9.02. The van der Waals surface area contributed by atoms with E-state index in [0.29, 0.717) is 6.42 Å². The van der Waals surface area contributed by atoms with Crippen molar-refractivity contribution in [2.75, 3.05) is 0 Å². The summed E-state index contributed by atoms with van der Waals surface area (Å²) in [6.45, 7) is 7.71. The lowest BCUT2D eigenvalue weighted by Crippen LogP contribution is -2.56. The number of amides is 2. The summed E-state index contributed by atoms with van der Waals surface area (Å²) in [6.07, 6.45) is 7.83. The van der Waals surface area contributed by atoms with E-state index < -0.39 is 5.54 Å². The number of aryl methyl sites for hydroxylation is 1. The van der Waals surface area contributed by atoms with Gasteiger partial charge in [-0.05, 0) is 45.6 Å². The van der Waals surface area contributed by atoms with Gasteiger partial charge >= 0.3 is 0 Å². The van der Waals surface area contributed by atoms with E-state index in [0.717, 1.165) is 25.7 Å². The molecule has 0 fully saturated rings. The largest absolute Gasteiger partial charge is 0.352 e. The molecule has 0 aromatic heterocycles. The Morgan fingerprint density at radius 1 is 1.04 bits per heavy atom. The van der Waals surface area contributed by atoms with Crippen LogP contribution in [0.4, 0.5) is 0 Å². The van der Waals surface area contributed by atoms with Crippen molar-refractivity contribution in [3.8, 4) is 0 Å². The summed E-state index contributed by atoms with van der Waals surface area (Å²) in [6, 6.07) is 10.3. The summed E-state index contributed by atoms with van der Waals surface area (Å²) in [5.74, 6) is -0.170. The zero-order valence-corrected chi connectivity index (χ0v) is 16.9. The second-order valence-electron chi connectivity index (χ2n) is 7.74. The van der Waals surface area contributed by atoms with Crippen LogP contribution in [0.2, 0.25) is 0 Å². The molecule has 146 valence electrons. The first-order chi connectivity index (χ1) is 12.3. The zero-order valence-electron chi connectivity index (χ0n) is 16.9. The number of nitrogens with one attached hydrogen (secondary N) is 2. The van der Waals surface area contributed by atoms with E-state index in [9.17, 15) is 9.59 Å². The number of hydrogen-bond acceptors (Lipinski definition) is 2. The molecule has 0 saturated carbocycles. The van der Waals surface area contributed by atoms with Gasteiger partial charge in [-0.25, -0.2) is 0 Å². The van der Waals surface area contributed by atoms with Gasteiger partial charge in [-0.2, -0.15) is 0 Å². The molecule has 2 N–H and O–H groups in total. The van der Waals surface area contributed by atoms with Gasteiger partial charge in [-0.1, -0.05) is 62.9 Å². The van der Waals surface area contributed by atoms with Crippen LogP contribution in [0.5, 0.6) is 0 Å². The van der Waals surface area contributed by atoms with Crippen LogP contribution in [0.25, 0.3) is 0 Å². The van der Waals surface area contributed by atoms with Crippen LogP contribution in [0.3, 0.4) is 0 Å². The maximum absolute atomic E-state index is 12.5. The number of carbonyl (C=O) groups is 2. The highest BCUT2D eigenvalue weighted by Gasteiger charge is 2.29. The molecule has 0 bridgehead atoms. The molecule has 1 aromatic carbocycles. The van der Waals surface area contributed by atoms with Gasteiger partial charge in [-0.15, -0.1) is 0 Å². The summed E-state index contributed by atoms with van der Waals surface area (Å²) in [5, 5.41) is 5.90. The van der Waals surface area contributed by atoms with Crippen LogP contribution in [-0.2, 0) is 16.0 Å². The minimum atomic E-state index is -0.887. The van der Waals surface area contributed by atoms with Gasteiger partial charge in [0.1, 0.15) is 5.54 Å². The lowest BCUT2D eigenvalue weighted by Gasteiger charge is -2.27. The second-order valence-corrected chi connectivity index (χ2v) is 7.74. The van der Waals surface area contributed by atoms with Gasteiger partial charge in [0.15, 0.2) is 0 Å². The number of rotatable bonds is 12. The molecular formula is C22H36N2O2. The normalized spacial score (nSPS) is 12.5. The molecule has 0 aliphatic carbocycles. The summed E-state index contributed by atoms with van der Waals surface area (Å²) in [7, 11) is 0. The first kappa shape index (κ1) is 22.2. The molecule has 0 aliphatic heterocycles. The molecular weight excluding hydrogens is 324 g/mol. The van der Waals surface area contributed by atoms with Gasteiger partial charge in [-0.3, -0.25) is 9.59 Å². The monoisotopic (exact) mass is 360 g/mol. The predicted octanol–water partition coefficient (Wildman–Crippen LogP) is 4.38. The number of carbonyl (C=O) groups excluding carboxylic acids is 2. The Labute approximate surface area is 159 Å². The van der Waals surface area contributed by atoms with Crippen LogP contribution in [-0.4, -0.2) is 23.4 Å². The maximum Gasteiger partial charge on any atom is 0.245 e. The van der Waals surface area contributed by atoms with Crippen molar-refractivity contribution in [2.24, 2.45) is 0 Å². The highest BCUT2D eigenvalue weighted by molar-refractivity contribution is 5.90. The van der Waals surface area contributed by atoms with Crippen molar-refractivity contribution < 1.29 is 9.59 Å². The molecule has 0 heterocycles. The fourth-order valence-corrected chi connectivity index (χ4v) is 2.86. The van der Waals surface area contributed by atoms with Gasteiger partial charge in [0.2, 0.25) is 11.8 Å². The Balaban J connectivity index is 2.32. The molecule has 0 aliphatic rings. The third-order valence-electron chi connectivity index (χ3n) is 4.61. The van der Waals surface area contributed by atoms with Crippen LogP contribution in [0.1, 0.15) is 78.2 Å². The van der Waals surface area contributed by atoms with Crippen molar-refractivity contribution >= 4 is 11.8 Å². The molecule has 26 heavy (non-hydrogen) atoms. The van der Waals surface area contributed by atoms with Crippen molar-refractivity contribution in [2.45, 2.75) is 90.6 Å². The van der Waals surface area contributed by atoms with E-state index in [-0.39, 0.29) is 17.9 Å². The molecule has 0 spiro atoms. The van der Waals surface area contributed by atoms with E-state index in [1.807, 2.05) is 25.1 Å². The van der Waals surface area contributed by atoms with E-state index in [1.54, 1.807) is 13.8 Å². The molecule has 1 rings (SSSR count). The van der Waals surface area contributed by atoms with E-state index >= 15 is 0 Å². The smallest absolute Gasteiger partial charge is 0.245 e. The number of hydrogen-bond donors (Lipinski definition) is 2. The predicted molar refractivity (Wildman–Crippen MR) is 108 cm³/mol. The Hall–Kier alpha value is -1.84. The Morgan fingerprint density at radius 2 is 1.69 bits per heavy atom. The van der Waals surface area contributed by atoms with Crippen LogP contribution in [0.15, 0.2) is 30.3 Å². The number of unbranched alkanes of at least 4 members (excludes halogenated alkanes) is 4. The lowest BCUT2D eigenvalue weighted by molar-refractivity contribution is -0.132. The summed E-state index contributed by atoms with van der Waals surface area (Å²) >= 11 is 0. The van der Waals surface area contributed by atoms with Crippen molar-refractivity contribution in [1.29, 1.82) is 0 Å². The fraction of sp³-hybridized carbons (Fsp3) is 0.636. The summed E-state index contributed by atoms with van der Waals surface area (Å²) < 4.78 is 0. The van der Waals surface area contributed by atoms with E-state index in [4.69, 9.17) is 0 Å². The third-order valence-corrected chi connectivity index (χ3v) is 4.61. The average molecular weight is 361 g/mol. The molecule has 0 saturated heterocycles. The van der Waals surface area contributed by atoms with Crippen molar-refractivity contribution in [3.05, 3.63) is 35.9 Å². The fourth-order valence-electron chi connectivity index (χ4n) is 2.86. The Kier molecular flexibility index (Phi) is 10.0. The quantitative estimate of drug-likeness (QED) is 0.544. The molecule has 2 amide bonds. The molecule has 1 atom stereocenters. The summed E-state index contributed by atoms with van der Waals surface area (Å²) in [4.78, 5) is 24.6. The van der Waals surface area contributed by atoms with E-state index in [1.165, 1.54) is 24.8 Å². The summed E-state index contributed by atoms with van der Waals surface area (Å²) in [5.41, 5.74) is 0.380. The van der Waals surface area contributed by atoms with Gasteiger partial charge in [0.25, 0.3) is 0 Å². The minimum Gasteiger partial charge on any atom is -0.352 e. The molecule has 4 heteroatoms. The van der Waals surface area contributed by atoms with Gasteiger partial charge in [0.05, 0.1) is 0 Å². The molecule has 4 nitrogen and oxygen atoms in total. The Morgan fingerprint density at radius 3 is 2.35 bits per heavy atom. The van der Waals surface area contributed by atoms with Gasteiger partial charge < -0.3 is 10.6 Å². The van der Waals surface area contributed by atoms with Crippen LogP contribution in [0, 0.1) is 0 Å². The van der Waals surface area contributed by atoms with Crippen LogP contribution >= 0.6 is 0 Å². The average Bonchev–Trinajstić information content (AvgIpc) is 2.60. The zero-order chi connectivity index (χ0) is 19.4. The lowest BCUT2D eigenvalue weighted by atomic mass is 10.0. The second kappa shape index (κ2) is 11.7. The van der Waals surface area contributed by atoms with Gasteiger partial charge in [0, 0.05) is 12.5 Å². The number of benzene rings is 1. The first-order valence-corrected chi connectivity index (χ1v) is 10.0. The van der Waals surface area contributed by atoms with E-state index in [2.05, 4.69) is 29.7 Å². The highest BCUT2D eigenvalue weighted by atomic mass is 16.2. The standard InChI is InChI=1S/C22H36N2O2/c1-5-6-7-8-12-15-20(25)24-22(3,4)21(26)23-18(2)16-17-19-13-10-9-11-14-19/h9-11,13-14,18H,5-8,12,15-17H2,1-4H3,(H,23,26)(H,24,25)/t18-/m1/s1. The first-order valence-electron chi connectivity index (χ1n) is 10.0. The minimum absolute atomic E-state index is 0.0430. The Bertz CT molecular complexity index is 540. The molecule has 0 unspecified atom stereocenters.